The minimum Gasteiger partial charge on any atom is -0.465 e. The summed E-state index contributed by atoms with van der Waals surface area (Å²) in [5.74, 6) is 0.719. The average molecular weight is 331 g/mol. The summed E-state index contributed by atoms with van der Waals surface area (Å²) in [5, 5.41) is 0. The summed E-state index contributed by atoms with van der Waals surface area (Å²) >= 11 is 0. The second-order valence-electron chi connectivity index (χ2n) is 6.29. The Balaban J connectivity index is 1.46. The highest BCUT2D eigenvalue weighted by Gasteiger charge is 2.16. The molecule has 1 aromatic heterocycles. The van der Waals surface area contributed by atoms with Crippen molar-refractivity contribution in [3.63, 3.8) is 0 Å². The normalized spacial score (nSPS) is 15.4. The number of nitrogens with zero attached hydrogens (tertiary/aromatic N) is 1. The molecule has 128 valence electrons. The zero-order valence-electron chi connectivity index (χ0n) is 13.7. The lowest BCUT2D eigenvalue weighted by Gasteiger charge is -2.20. The molecule has 1 saturated carbocycles. The van der Waals surface area contributed by atoms with E-state index in [1.54, 1.807) is 18.2 Å². The summed E-state index contributed by atoms with van der Waals surface area (Å²) in [4.78, 5) is 16.0. The van der Waals surface area contributed by atoms with Crippen LogP contribution in [-0.2, 0) is 16.0 Å². The van der Waals surface area contributed by atoms with Crippen molar-refractivity contribution in [1.29, 1.82) is 0 Å². The number of aryl methyl sites for hydroxylation is 1. The lowest BCUT2D eigenvalue weighted by Crippen LogP contribution is -2.17. The molecule has 1 aliphatic carbocycles. The molecule has 0 N–H and O–H groups in total. The fraction of sp³-hybridized carbons (Fsp3) is 0.474. The van der Waals surface area contributed by atoms with Crippen LogP contribution in [0.15, 0.2) is 34.9 Å². The quantitative estimate of drug-likeness (QED) is 0.729. The van der Waals surface area contributed by atoms with E-state index < -0.39 is 0 Å². The number of esters is 1. The molecule has 0 atom stereocenters. The van der Waals surface area contributed by atoms with E-state index in [1.165, 1.54) is 31.5 Å². The van der Waals surface area contributed by atoms with E-state index in [-0.39, 0.29) is 18.2 Å². The Kier molecular flexibility index (Phi) is 5.62. The number of halogens is 1. The monoisotopic (exact) mass is 331 g/mol. The molecule has 24 heavy (non-hydrogen) atoms. The topological polar surface area (TPSA) is 52.3 Å². The molecule has 0 amide bonds. The van der Waals surface area contributed by atoms with Gasteiger partial charge in [0.1, 0.15) is 5.82 Å². The van der Waals surface area contributed by atoms with Gasteiger partial charge in [0.05, 0.1) is 24.8 Å². The van der Waals surface area contributed by atoms with Gasteiger partial charge in [-0.3, -0.25) is 4.79 Å². The van der Waals surface area contributed by atoms with Gasteiger partial charge in [-0.25, -0.2) is 9.37 Å². The summed E-state index contributed by atoms with van der Waals surface area (Å²) in [7, 11) is 0. The van der Waals surface area contributed by atoms with Crippen LogP contribution in [0.2, 0.25) is 0 Å². The number of ether oxygens (including phenoxy) is 1. The van der Waals surface area contributed by atoms with E-state index >= 15 is 0 Å². The van der Waals surface area contributed by atoms with Gasteiger partial charge in [0, 0.05) is 6.42 Å². The Hall–Kier alpha value is -2.17. The molecule has 2 aromatic rings. The Bertz CT molecular complexity index is 677. The van der Waals surface area contributed by atoms with Gasteiger partial charge in [-0.1, -0.05) is 31.4 Å². The van der Waals surface area contributed by atoms with E-state index in [0.29, 0.717) is 36.2 Å². The number of rotatable bonds is 6. The predicted octanol–water partition coefficient (Wildman–Crippen LogP) is 4.54. The van der Waals surface area contributed by atoms with Crippen LogP contribution in [0.5, 0.6) is 0 Å². The van der Waals surface area contributed by atoms with Gasteiger partial charge in [-0.2, -0.15) is 0 Å². The maximum absolute atomic E-state index is 13.7. The first-order valence-corrected chi connectivity index (χ1v) is 8.57. The summed E-state index contributed by atoms with van der Waals surface area (Å²) in [6.07, 6.45) is 8.13. The van der Waals surface area contributed by atoms with Crippen LogP contribution in [0.4, 0.5) is 4.39 Å². The number of oxazole rings is 1. The Morgan fingerprint density at radius 3 is 2.83 bits per heavy atom. The third-order valence-electron chi connectivity index (χ3n) is 4.44. The van der Waals surface area contributed by atoms with E-state index in [4.69, 9.17) is 9.15 Å². The molecule has 0 unspecified atom stereocenters. The van der Waals surface area contributed by atoms with Gasteiger partial charge in [0.15, 0.2) is 11.7 Å². The van der Waals surface area contributed by atoms with Crippen molar-refractivity contribution in [2.24, 2.45) is 5.92 Å². The largest absolute Gasteiger partial charge is 0.465 e. The SMILES string of the molecule is O=C(CCc1ncc(-c2ccccc2F)o1)OCC1CCCCC1. The van der Waals surface area contributed by atoms with E-state index in [9.17, 15) is 9.18 Å². The van der Waals surface area contributed by atoms with Crippen LogP contribution >= 0.6 is 0 Å². The first-order valence-electron chi connectivity index (χ1n) is 8.57. The molecule has 0 spiro atoms. The van der Waals surface area contributed by atoms with Crippen molar-refractivity contribution in [2.45, 2.75) is 44.9 Å². The Morgan fingerprint density at radius 1 is 1.25 bits per heavy atom. The highest BCUT2D eigenvalue weighted by atomic mass is 19.1. The van der Waals surface area contributed by atoms with Crippen LogP contribution in [-0.4, -0.2) is 17.6 Å². The molecule has 1 heterocycles. The number of aromatic nitrogens is 1. The zero-order valence-corrected chi connectivity index (χ0v) is 13.7. The molecule has 5 heteroatoms. The fourth-order valence-corrected chi connectivity index (χ4v) is 3.06. The maximum atomic E-state index is 13.7. The predicted molar refractivity (Wildman–Crippen MR) is 87.8 cm³/mol. The third-order valence-corrected chi connectivity index (χ3v) is 4.44. The molecule has 1 aliphatic rings. The van der Waals surface area contributed by atoms with E-state index in [2.05, 4.69) is 4.98 Å². The van der Waals surface area contributed by atoms with Gasteiger partial charge in [-0.05, 0) is 30.9 Å². The van der Waals surface area contributed by atoms with Gasteiger partial charge in [0.25, 0.3) is 0 Å². The standard InChI is InChI=1S/C19H22FNO3/c20-16-9-5-4-8-15(16)17-12-21-18(24-17)10-11-19(22)23-13-14-6-2-1-3-7-14/h4-5,8-9,12,14H,1-3,6-7,10-11,13H2. The first kappa shape index (κ1) is 16.7. The van der Waals surface area contributed by atoms with Crippen LogP contribution in [0.3, 0.4) is 0 Å². The molecule has 4 nitrogen and oxygen atoms in total. The highest BCUT2D eigenvalue weighted by Crippen LogP contribution is 2.25. The van der Waals surface area contributed by atoms with Crippen molar-refractivity contribution in [1.82, 2.24) is 4.98 Å². The van der Waals surface area contributed by atoms with Crippen molar-refractivity contribution in [2.75, 3.05) is 6.61 Å². The summed E-state index contributed by atoms with van der Waals surface area (Å²) in [5.41, 5.74) is 0.371. The molecule has 0 bridgehead atoms. The zero-order chi connectivity index (χ0) is 16.8. The Labute approximate surface area is 141 Å². The van der Waals surface area contributed by atoms with Crippen LogP contribution in [0.1, 0.15) is 44.4 Å². The molecule has 0 aliphatic heterocycles. The Morgan fingerprint density at radius 2 is 2.04 bits per heavy atom. The number of carbonyl (C=O) groups excluding carboxylic acids is 1. The van der Waals surface area contributed by atoms with Gasteiger partial charge >= 0.3 is 5.97 Å². The molecule has 1 fully saturated rings. The summed E-state index contributed by atoms with van der Waals surface area (Å²) in [6.45, 7) is 0.519. The smallest absolute Gasteiger partial charge is 0.306 e. The molecule has 0 radical (unpaired) electrons. The van der Waals surface area contributed by atoms with Crippen molar-refractivity contribution in [3.8, 4) is 11.3 Å². The average Bonchev–Trinajstić information content (AvgIpc) is 3.08. The van der Waals surface area contributed by atoms with Crippen LogP contribution in [0.25, 0.3) is 11.3 Å². The van der Waals surface area contributed by atoms with E-state index in [0.717, 1.165) is 12.8 Å². The van der Waals surface area contributed by atoms with Gasteiger partial charge in [0.2, 0.25) is 0 Å². The van der Waals surface area contributed by atoms with Gasteiger partial charge in [-0.15, -0.1) is 0 Å². The summed E-state index contributed by atoms with van der Waals surface area (Å²) < 4.78 is 24.6. The van der Waals surface area contributed by atoms with Crippen LogP contribution in [0, 0.1) is 11.7 Å². The number of hydrogen-bond acceptors (Lipinski definition) is 4. The van der Waals surface area contributed by atoms with E-state index in [1.807, 2.05) is 0 Å². The molecule has 0 saturated heterocycles. The number of benzene rings is 1. The second kappa shape index (κ2) is 8.08. The van der Waals surface area contributed by atoms with Crippen LogP contribution < -0.4 is 0 Å². The highest BCUT2D eigenvalue weighted by molar-refractivity contribution is 5.69. The van der Waals surface area contributed by atoms with Gasteiger partial charge < -0.3 is 9.15 Å². The summed E-state index contributed by atoms with van der Waals surface area (Å²) in [6, 6.07) is 6.37. The number of carbonyl (C=O) groups is 1. The number of hydrogen-bond donors (Lipinski definition) is 0. The molecular weight excluding hydrogens is 309 g/mol. The lowest BCUT2D eigenvalue weighted by atomic mass is 9.90. The third kappa shape index (κ3) is 4.43. The molecular formula is C19H22FNO3. The minimum absolute atomic E-state index is 0.226. The van der Waals surface area contributed by atoms with Crippen molar-refractivity contribution in [3.05, 3.63) is 42.2 Å². The lowest BCUT2D eigenvalue weighted by molar-refractivity contribution is -0.145. The fourth-order valence-electron chi connectivity index (χ4n) is 3.06. The maximum Gasteiger partial charge on any atom is 0.306 e. The van der Waals surface area contributed by atoms with Crippen molar-refractivity contribution >= 4 is 5.97 Å². The first-order chi connectivity index (χ1) is 11.7. The second-order valence-corrected chi connectivity index (χ2v) is 6.29. The van der Waals surface area contributed by atoms with Crippen molar-refractivity contribution < 1.29 is 18.3 Å². The minimum atomic E-state index is -0.355. The molecule has 1 aromatic carbocycles. The molecule has 3 rings (SSSR count).